The van der Waals surface area contributed by atoms with Gasteiger partial charge < -0.3 is 11.5 Å². The number of halogens is 1. The van der Waals surface area contributed by atoms with E-state index in [-0.39, 0.29) is 16.1 Å². The van der Waals surface area contributed by atoms with Crippen LogP contribution in [-0.2, 0) is 0 Å². The minimum absolute atomic E-state index is 0.0246. The van der Waals surface area contributed by atoms with Crippen LogP contribution < -0.4 is 11.5 Å². The van der Waals surface area contributed by atoms with Gasteiger partial charge in [0.2, 0.25) is 0 Å². The molecular formula is C9H7FN4OS2. The molecule has 0 aliphatic carbocycles. The summed E-state index contributed by atoms with van der Waals surface area (Å²) in [6.07, 6.45) is 0. The van der Waals surface area contributed by atoms with Gasteiger partial charge in [-0.25, -0.2) is 4.39 Å². The van der Waals surface area contributed by atoms with Gasteiger partial charge in [0.1, 0.15) is 11.3 Å². The van der Waals surface area contributed by atoms with Crippen LogP contribution >= 0.6 is 23.1 Å². The lowest BCUT2D eigenvalue weighted by Crippen LogP contribution is -2.14. The number of nitrogen functional groups attached to an aromatic ring is 1. The monoisotopic (exact) mass is 270 g/mol. The molecule has 5 nitrogen and oxygen atoms in total. The third-order valence-corrected chi connectivity index (χ3v) is 3.72. The number of carbonyl (C=O) groups excluding carboxylic acids is 1. The van der Waals surface area contributed by atoms with Gasteiger partial charge in [0.25, 0.3) is 5.91 Å². The molecule has 1 heterocycles. The molecular weight excluding hydrogens is 263 g/mol. The molecule has 0 fully saturated rings. The number of hydrogen-bond donors (Lipinski definition) is 2. The molecule has 17 heavy (non-hydrogen) atoms. The second-order valence-corrected chi connectivity index (χ2v) is 5.16. The topological polar surface area (TPSA) is 94.9 Å². The first-order chi connectivity index (χ1) is 8.08. The van der Waals surface area contributed by atoms with Gasteiger partial charge >= 0.3 is 0 Å². The van der Waals surface area contributed by atoms with E-state index in [1.165, 1.54) is 22.9 Å². The summed E-state index contributed by atoms with van der Waals surface area (Å²) in [5.41, 5.74) is 12.3. The van der Waals surface area contributed by atoms with Crippen LogP contribution in [0.25, 0.3) is 0 Å². The van der Waals surface area contributed by atoms with Crippen LogP contribution in [0.3, 0.4) is 0 Å². The van der Waals surface area contributed by atoms with Gasteiger partial charge in [0, 0.05) is 5.69 Å². The van der Waals surface area contributed by atoms with E-state index in [1.807, 2.05) is 0 Å². The van der Waals surface area contributed by atoms with Crippen molar-refractivity contribution in [2.24, 2.45) is 5.73 Å². The molecule has 0 saturated carbocycles. The Bertz CT molecular complexity index is 558. The summed E-state index contributed by atoms with van der Waals surface area (Å²) < 4.78 is 14.2. The van der Waals surface area contributed by atoms with Gasteiger partial charge in [-0.15, -0.1) is 10.2 Å². The number of amides is 1. The van der Waals surface area contributed by atoms with E-state index < -0.39 is 11.7 Å². The fourth-order valence-electron chi connectivity index (χ4n) is 1.16. The van der Waals surface area contributed by atoms with Gasteiger partial charge in [0.05, 0.1) is 10.5 Å². The number of rotatable bonds is 3. The van der Waals surface area contributed by atoms with Crippen LogP contribution in [-0.4, -0.2) is 16.1 Å². The first-order valence-electron chi connectivity index (χ1n) is 4.41. The fraction of sp³-hybridized carbons (Fsp3) is 0. The molecule has 4 N–H and O–H groups in total. The highest BCUT2D eigenvalue weighted by atomic mass is 32.2. The Balaban J connectivity index is 2.40. The number of hydrogen-bond acceptors (Lipinski definition) is 6. The summed E-state index contributed by atoms with van der Waals surface area (Å²) in [4.78, 5) is 11.3. The zero-order valence-corrected chi connectivity index (χ0v) is 10.0. The van der Waals surface area contributed by atoms with Crippen molar-refractivity contribution in [2.75, 3.05) is 5.73 Å². The van der Waals surface area contributed by atoms with E-state index in [4.69, 9.17) is 11.5 Å². The van der Waals surface area contributed by atoms with Crippen LogP contribution in [0.5, 0.6) is 0 Å². The Morgan fingerprint density at radius 2 is 2.24 bits per heavy atom. The molecule has 0 atom stereocenters. The van der Waals surface area contributed by atoms with Gasteiger partial charge in [-0.05, 0) is 12.1 Å². The molecule has 2 aromatic rings. The SMILES string of the molecule is NC(=O)c1cc(Sc2nncs2)c(F)cc1N. The lowest BCUT2D eigenvalue weighted by Gasteiger charge is -2.05. The highest BCUT2D eigenvalue weighted by molar-refractivity contribution is 8.01. The number of aromatic nitrogens is 2. The van der Waals surface area contributed by atoms with Crippen molar-refractivity contribution < 1.29 is 9.18 Å². The molecule has 1 aromatic heterocycles. The van der Waals surface area contributed by atoms with Crippen molar-refractivity contribution in [1.82, 2.24) is 10.2 Å². The first kappa shape index (κ1) is 11.8. The predicted octanol–water partition coefficient (Wildman–Crippen LogP) is 1.51. The average Bonchev–Trinajstić information content (AvgIpc) is 2.74. The number of primary amides is 1. The minimum Gasteiger partial charge on any atom is -0.398 e. The Morgan fingerprint density at radius 3 is 2.82 bits per heavy atom. The Kier molecular flexibility index (Phi) is 3.25. The zero-order valence-electron chi connectivity index (χ0n) is 8.38. The largest absolute Gasteiger partial charge is 0.398 e. The maximum absolute atomic E-state index is 13.6. The second kappa shape index (κ2) is 4.68. The predicted molar refractivity (Wildman–Crippen MR) is 63.4 cm³/mol. The summed E-state index contributed by atoms with van der Waals surface area (Å²) >= 11 is 2.34. The Hall–Kier alpha value is -1.67. The van der Waals surface area contributed by atoms with Crippen molar-refractivity contribution in [3.63, 3.8) is 0 Å². The van der Waals surface area contributed by atoms with Crippen molar-refractivity contribution in [1.29, 1.82) is 0 Å². The molecule has 1 aromatic carbocycles. The normalized spacial score (nSPS) is 10.4. The number of carbonyl (C=O) groups is 1. The van der Waals surface area contributed by atoms with Crippen LogP contribution in [0.4, 0.5) is 10.1 Å². The second-order valence-electron chi connectivity index (χ2n) is 3.04. The third kappa shape index (κ3) is 2.53. The summed E-state index contributed by atoms with van der Waals surface area (Å²) in [5, 5.41) is 7.40. The molecule has 8 heteroatoms. The van der Waals surface area contributed by atoms with E-state index in [2.05, 4.69) is 10.2 Å². The van der Waals surface area contributed by atoms with E-state index in [0.717, 1.165) is 17.8 Å². The van der Waals surface area contributed by atoms with E-state index in [0.29, 0.717) is 4.34 Å². The van der Waals surface area contributed by atoms with Crippen molar-refractivity contribution >= 4 is 34.7 Å². The fourth-order valence-corrected chi connectivity index (χ4v) is 2.64. The minimum atomic E-state index is -0.693. The highest BCUT2D eigenvalue weighted by Gasteiger charge is 2.13. The smallest absolute Gasteiger partial charge is 0.250 e. The van der Waals surface area contributed by atoms with Crippen molar-refractivity contribution in [2.45, 2.75) is 9.24 Å². The lowest BCUT2D eigenvalue weighted by molar-refractivity contribution is 0.100. The molecule has 2 rings (SSSR count). The third-order valence-electron chi connectivity index (χ3n) is 1.91. The molecule has 0 aliphatic heterocycles. The molecule has 1 amide bonds. The molecule has 0 spiro atoms. The zero-order chi connectivity index (χ0) is 12.4. The van der Waals surface area contributed by atoms with E-state index >= 15 is 0 Å². The molecule has 88 valence electrons. The highest BCUT2D eigenvalue weighted by Crippen LogP contribution is 2.32. The van der Waals surface area contributed by atoms with Gasteiger partial charge in [0.15, 0.2) is 4.34 Å². The standard InChI is InChI=1S/C9H7FN4OS2/c10-5-2-6(11)4(8(12)15)1-7(5)17-9-14-13-3-16-9/h1-3H,11H2,(H2,12,15). The summed E-state index contributed by atoms with van der Waals surface area (Å²) in [6, 6.07) is 2.39. The van der Waals surface area contributed by atoms with Crippen molar-refractivity contribution in [3.05, 3.63) is 29.0 Å². The number of nitrogens with two attached hydrogens (primary N) is 2. The van der Waals surface area contributed by atoms with Crippen LogP contribution in [0, 0.1) is 5.82 Å². The average molecular weight is 270 g/mol. The quantitative estimate of drug-likeness (QED) is 0.824. The molecule has 0 saturated heterocycles. The molecule has 0 aliphatic rings. The van der Waals surface area contributed by atoms with Crippen LogP contribution in [0.1, 0.15) is 10.4 Å². The van der Waals surface area contributed by atoms with E-state index in [9.17, 15) is 9.18 Å². The number of anilines is 1. The van der Waals surface area contributed by atoms with Crippen LogP contribution in [0.15, 0.2) is 26.9 Å². The molecule has 0 unspecified atom stereocenters. The van der Waals surface area contributed by atoms with E-state index in [1.54, 1.807) is 0 Å². The number of nitrogens with zero attached hydrogens (tertiary/aromatic N) is 2. The van der Waals surface area contributed by atoms with Gasteiger partial charge in [-0.2, -0.15) is 0 Å². The van der Waals surface area contributed by atoms with Gasteiger partial charge in [-0.1, -0.05) is 23.1 Å². The molecule has 0 radical (unpaired) electrons. The number of benzene rings is 1. The van der Waals surface area contributed by atoms with Crippen molar-refractivity contribution in [3.8, 4) is 0 Å². The van der Waals surface area contributed by atoms with Gasteiger partial charge in [-0.3, -0.25) is 4.79 Å². The summed E-state index contributed by atoms with van der Waals surface area (Å²) in [6.45, 7) is 0. The maximum atomic E-state index is 13.6. The van der Waals surface area contributed by atoms with Crippen LogP contribution in [0.2, 0.25) is 0 Å². The molecule has 0 bridgehead atoms. The summed E-state index contributed by atoms with van der Waals surface area (Å²) in [7, 11) is 0. The maximum Gasteiger partial charge on any atom is 0.250 e. The summed E-state index contributed by atoms with van der Waals surface area (Å²) in [5.74, 6) is -1.21. The Labute approximate surface area is 104 Å². The Morgan fingerprint density at radius 1 is 1.47 bits per heavy atom. The lowest BCUT2D eigenvalue weighted by atomic mass is 10.1. The first-order valence-corrected chi connectivity index (χ1v) is 6.10.